The molecule has 0 N–H and O–H groups in total. The summed E-state index contributed by atoms with van der Waals surface area (Å²) in [4.78, 5) is 30.8. The normalized spacial score (nSPS) is 11.5. The molecule has 0 aliphatic carbocycles. The second kappa shape index (κ2) is 7.81. The predicted molar refractivity (Wildman–Crippen MR) is 58.4 cm³/mol. The summed E-state index contributed by atoms with van der Waals surface area (Å²) in [5, 5.41) is 4.33. The average Bonchev–Trinajstić information content (AvgIpc) is 2.25. The van der Waals surface area contributed by atoms with Gasteiger partial charge in [0.05, 0.1) is 7.11 Å². The van der Waals surface area contributed by atoms with Crippen molar-refractivity contribution in [2.75, 3.05) is 7.11 Å². The van der Waals surface area contributed by atoms with Crippen LogP contribution in [0.5, 0.6) is 0 Å². The summed E-state index contributed by atoms with van der Waals surface area (Å²) in [6.07, 6.45) is 3.46. The van der Waals surface area contributed by atoms with E-state index in [1.54, 1.807) is 13.8 Å². The minimum absolute atomic E-state index is 0.541. The van der Waals surface area contributed by atoms with Gasteiger partial charge in [-0.15, -0.1) is 0 Å². The van der Waals surface area contributed by atoms with Crippen LogP contribution >= 0.6 is 0 Å². The zero-order valence-electron chi connectivity index (χ0n) is 10.5. The highest BCUT2D eigenvalue weighted by Crippen LogP contribution is 2.16. The average molecular weight is 246 g/mol. The topological polar surface area (TPSA) is 71.1 Å². The van der Waals surface area contributed by atoms with Crippen LogP contribution in [0.15, 0.2) is 12.2 Å². The first-order chi connectivity index (χ1) is 7.91. The van der Waals surface area contributed by atoms with Crippen molar-refractivity contribution < 1.29 is 29.1 Å². The maximum atomic E-state index is 11.0. The van der Waals surface area contributed by atoms with Gasteiger partial charge in [0, 0.05) is 12.2 Å². The SMILES string of the molecule is CCCC(C)(C)OOOC(=O)/C=C/C(=O)OC. The first kappa shape index (κ1) is 15.6. The number of carbonyl (C=O) groups is 2. The van der Waals surface area contributed by atoms with Crippen LogP contribution in [0, 0.1) is 0 Å². The molecule has 0 spiro atoms. The van der Waals surface area contributed by atoms with Crippen LogP contribution in [0.4, 0.5) is 0 Å². The van der Waals surface area contributed by atoms with Crippen molar-refractivity contribution in [2.24, 2.45) is 0 Å². The van der Waals surface area contributed by atoms with Crippen LogP contribution in [-0.2, 0) is 29.1 Å². The third kappa shape index (κ3) is 8.41. The lowest BCUT2D eigenvalue weighted by atomic mass is 10.0. The van der Waals surface area contributed by atoms with Gasteiger partial charge in [-0.2, -0.15) is 4.89 Å². The quantitative estimate of drug-likeness (QED) is 0.295. The molecule has 0 amide bonds. The molecule has 0 aliphatic rings. The largest absolute Gasteiger partial charge is 0.466 e. The molecule has 0 heterocycles. The first-order valence-electron chi connectivity index (χ1n) is 5.23. The summed E-state index contributed by atoms with van der Waals surface area (Å²) in [6.45, 7) is 5.60. The van der Waals surface area contributed by atoms with Crippen molar-refractivity contribution in [3.8, 4) is 0 Å². The summed E-state index contributed by atoms with van der Waals surface area (Å²) in [5.41, 5.74) is -0.541. The molecule has 0 rings (SSSR count). The van der Waals surface area contributed by atoms with Crippen LogP contribution in [-0.4, -0.2) is 24.6 Å². The van der Waals surface area contributed by atoms with E-state index in [9.17, 15) is 9.59 Å². The minimum atomic E-state index is -0.859. The Bertz CT molecular complexity index is 282. The third-order valence-electron chi connectivity index (χ3n) is 1.78. The molecular weight excluding hydrogens is 228 g/mol. The first-order valence-corrected chi connectivity index (χ1v) is 5.23. The molecule has 0 aromatic carbocycles. The monoisotopic (exact) mass is 246 g/mol. The predicted octanol–water partition coefficient (Wildman–Crippen LogP) is 1.70. The Hall–Kier alpha value is -1.40. The smallest absolute Gasteiger partial charge is 0.369 e. The standard InChI is InChI=1S/C11H18O6/c1-5-8-11(2,3)16-17-15-10(13)7-6-9(12)14-4/h6-7H,5,8H2,1-4H3/b7-6+. The Kier molecular flexibility index (Phi) is 7.16. The fraction of sp³-hybridized carbons (Fsp3) is 0.636. The van der Waals surface area contributed by atoms with Crippen LogP contribution in [0.3, 0.4) is 0 Å². The molecule has 0 aromatic rings. The Morgan fingerprint density at radius 2 is 1.76 bits per heavy atom. The highest BCUT2D eigenvalue weighted by Gasteiger charge is 2.19. The van der Waals surface area contributed by atoms with E-state index in [2.05, 4.69) is 14.7 Å². The molecule has 0 unspecified atom stereocenters. The van der Waals surface area contributed by atoms with Gasteiger partial charge < -0.3 is 4.74 Å². The Balaban J connectivity index is 3.86. The van der Waals surface area contributed by atoms with Crippen molar-refractivity contribution >= 4 is 11.9 Å². The molecule has 0 aromatic heterocycles. The third-order valence-corrected chi connectivity index (χ3v) is 1.78. The highest BCUT2D eigenvalue weighted by molar-refractivity contribution is 5.91. The van der Waals surface area contributed by atoms with Crippen molar-refractivity contribution in [3.63, 3.8) is 0 Å². The van der Waals surface area contributed by atoms with E-state index in [0.717, 1.165) is 25.0 Å². The van der Waals surface area contributed by atoms with Crippen LogP contribution in [0.1, 0.15) is 33.6 Å². The minimum Gasteiger partial charge on any atom is -0.466 e. The Labute approximate surface area is 100 Å². The van der Waals surface area contributed by atoms with Crippen molar-refractivity contribution in [3.05, 3.63) is 12.2 Å². The molecule has 6 heteroatoms. The molecule has 0 fully saturated rings. The summed E-state index contributed by atoms with van der Waals surface area (Å²) in [5.74, 6) is -1.52. The van der Waals surface area contributed by atoms with E-state index in [1.807, 2.05) is 6.92 Å². The maximum absolute atomic E-state index is 11.0. The molecule has 98 valence electrons. The van der Waals surface area contributed by atoms with Crippen molar-refractivity contribution in [2.45, 2.75) is 39.2 Å². The van der Waals surface area contributed by atoms with Gasteiger partial charge in [0.1, 0.15) is 5.60 Å². The molecule has 0 aliphatic heterocycles. The van der Waals surface area contributed by atoms with E-state index >= 15 is 0 Å². The molecule has 0 atom stereocenters. The van der Waals surface area contributed by atoms with E-state index in [4.69, 9.17) is 4.89 Å². The lowest BCUT2D eigenvalue weighted by molar-refractivity contribution is -0.515. The van der Waals surface area contributed by atoms with Gasteiger partial charge in [-0.05, 0) is 25.3 Å². The fourth-order valence-electron chi connectivity index (χ4n) is 1.02. The number of esters is 1. The number of carbonyl (C=O) groups excluding carboxylic acids is 2. The maximum Gasteiger partial charge on any atom is 0.369 e. The summed E-state index contributed by atoms with van der Waals surface area (Å²) in [7, 11) is 1.20. The molecule has 0 bridgehead atoms. The van der Waals surface area contributed by atoms with Gasteiger partial charge in [0.25, 0.3) is 0 Å². The Morgan fingerprint density at radius 3 is 2.29 bits per heavy atom. The highest BCUT2D eigenvalue weighted by atomic mass is 17.5. The second-order valence-corrected chi connectivity index (χ2v) is 3.92. The molecule has 0 saturated carbocycles. The van der Waals surface area contributed by atoms with E-state index in [0.29, 0.717) is 0 Å². The molecule has 6 nitrogen and oxygen atoms in total. The number of hydrogen-bond donors (Lipinski definition) is 0. The molecule has 0 saturated heterocycles. The zero-order valence-corrected chi connectivity index (χ0v) is 10.5. The van der Waals surface area contributed by atoms with Crippen molar-refractivity contribution in [1.82, 2.24) is 0 Å². The van der Waals surface area contributed by atoms with E-state index in [1.165, 1.54) is 7.11 Å². The molecule has 17 heavy (non-hydrogen) atoms. The lowest BCUT2D eigenvalue weighted by Crippen LogP contribution is -2.24. The Morgan fingerprint density at radius 1 is 1.18 bits per heavy atom. The van der Waals surface area contributed by atoms with Crippen molar-refractivity contribution in [1.29, 1.82) is 0 Å². The van der Waals surface area contributed by atoms with Gasteiger partial charge in [0.15, 0.2) is 0 Å². The van der Waals surface area contributed by atoms with Crippen LogP contribution in [0.2, 0.25) is 0 Å². The fourth-order valence-corrected chi connectivity index (χ4v) is 1.02. The summed E-state index contributed by atoms with van der Waals surface area (Å²) in [6, 6.07) is 0. The second-order valence-electron chi connectivity index (χ2n) is 3.92. The molecule has 0 radical (unpaired) electrons. The van der Waals surface area contributed by atoms with Gasteiger partial charge in [-0.25, -0.2) is 9.59 Å². The number of ether oxygens (including phenoxy) is 1. The van der Waals surface area contributed by atoms with Crippen LogP contribution in [0.25, 0.3) is 0 Å². The summed E-state index contributed by atoms with van der Waals surface area (Å²) >= 11 is 0. The van der Waals surface area contributed by atoms with E-state index in [-0.39, 0.29) is 0 Å². The van der Waals surface area contributed by atoms with Crippen LogP contribution < -0.4 is 0 Å². The van der Waals surface area contributed by atoms with Gasteiger partial charge in [-0.3, -0.25) is 4.89 Å². The van der Waals surface area contributed by atoms with Gasteiger partial charge >= 0.3 is 11.9 Å². The number of hydrogen-bond acceptors (Lipinski definition) is 6. The van der Waals surface area contributed by atoms with Gasteiger partial charge in [0.2, 0.25) is 0 Å². The van der Waals surface area contributed by atoms with Gasteiger partial charge in [-0.1, -0.05) is 13.3 Å². The zero-order chi connectivity index (χ0) is 13.3. The molecular formula is C11H18O6. The van der Waals surface area contributed by atoms with E-state index < -0.39 is 17.5 Å². The number of rotatable bonds is 7. The summed E-state index contributed by atoms with van der Waals surface area (Å²) < 4.78 is 4.29. The number of methoxy groups -OCH3 is 1. The lowest BCUT2D eigenvalue weighted by Gasteiger charge is -2.20.